The van der Waals surface area contributed by atoms with Crippen molar-refractivity contribution >= 4 is 17.7 Å². The van der Waals surface area contributed by atoms with Gasteiger partial charge in [-0.1, -0.05) is 79.2 Å². The molecule has 1 fully saturated rings. The second-order valence-electron chi connectivity index (χ2n) is 9.36. The molecule has 34 heavy (non-hydrogen) atoms. The Morgan fingerprint density at radius 3 is 2.59 bits per heavy atom. The van der Waals surface area contributed by atoms with Gasteiger partial charge in [-0.05, 0) is 43.7 Å². The van der Waals surface area contributed by atoms with Crippen LogP contribution in [0.5, 0.6) is 0 Å². The number of hydrogen-bond acceptors (Lipinski definition) is 4. The van der Waals surface area contributed by atoms with E-state index in [1.54, 1.807) is 4.57 Å². The fourth-order valence-corrected chi connectivity index (χ4v) is 6.49. The van der Waals surface area contributed by atoms with Gasteiger partial charge >= 0.3 is 0 Å². The van der Waals surface area contributed by atoms with Crippen molar-refractivity contribution in [3.63, 3.8) is 0 Å². The molecular weight excluding hydrogens is 442 g/mol. The zero-order valence-corrected chi connectivity index (χ0v) is 20.5. The molecule has 6 heteroatoms. The lowest BCUT2D eigenvalue weighted by molar-refractivity contribution is -0.118. The number of amides is 1. The number of nitrogens with zero attached hydrogens (tertiary/aromatic N) is 2. The molecule has 1 saturated carbocycles. The van der Waals surface area contributed by atoms with E-state index in [0.717, 1.165) is 55.3 Å². The summed E-state index contributed by atoms with van der Waals surface area (Å²) in [5, 5.41) is 3.63. The van der Waals surface area contributed by atoms with E-state index in [-0.39, 0.29) is 22.6 Å². The molecule has 2 aliphatic carbocycles. The van der Waals surface area contributed by atoms with Crippen LogP contribution in [0.4, 0.5) is 0 Å². The van der Waals surface area contributed by atoms with Crippen LogP contribution in [0.3, 0.4) is 0 Å². The third-order valence-corrected chi connectivity index (χ3v) is 8.23. The van der Waals surface area contributed by atoms with Crippen LogP contribution in [-0.2, 0) is 29.6 Å². The molecule has 0 atom stereocenters. The van der Waals surface area contributed by atoms with Gasteiger partial charge in [0.15, 0.2) is 5.16 Å². The molecule has 1 spiro atoms. The molecule has 0 unspecified atom stereocenters. The van der Waals surface area contributed by atoms with Gasteiger partial charge in [0.2, 0.25) is 5.91 Å². The second-order valence-corrected chi connectivity index (χ2v) is 10.3. The van der Waals surface area contributed by atoms with Crippen molar-refractivity contribution in [2.75, 3.05) is 12.3 Å². The summed E-state index contributed by atoms with van der Waals surface area (Å²) in [6.07, 6.45) is 6.14. The minimum absolute atomic E-state index is 0.0387. The van der Waals surface area contributed by atoms with E-state index in [1.807, 2.05) is 31.2 Å². The lowest BCUT2D eigenvalue weighted by Crippen LogP contribution is -2.40. The van der Waals surface area contributed by atoms with Crippen molar-refractivity contribution in [2.24, 2.45) is 0 Å². The van der Waals surface area contributed by atoms with Gasteiger partial charge in [-0.3, -0.25) is 14.2 Å². The van der Waals surface area contributed by atoms with E-state index in [0.29, 0.717) is 18.2 Å². The van der Waals surface area contributed by atoms with Gasteiger partial charge in [0.05, 0.1) is 17.0 Å². The summed E-state index contributed by atoms with van der Waals surface area (Å²) in [6, 6.07) is 18.5. The number of hydrogen-bond donors (Lipinski definition) is 1. The SMILES string of the molecule is CCn1c(SCC(=O)NCCc2ccccc2)nc2c(c1=O)C1(CCCC1)Cc1ccccc1-2. The third-order valence-electron chi connectivity index (χ3n) is 7.25. The number of carbonyl (C=O) groups is 1. The smallest absolute Gasteiger partial charge is 0.258 e. The quantitative estimate of drug-likeness (QED) is 0.397. The third kappa shape index (κ3) is 4.31. The van der Waals surface area contributed by atoms with Crippen molar-refractivity contribution in [2.45, 2.75) is 62.6 Å². The fourth-order valence-electron chi connectivity index (χ4n) is 5.61. The summed E-state index contributed by atoms with van der Waals surface area (Å²) in [4.78, 5) is 31.4. The number of fused-ring (bicyclic) bond motifs is 4. The highest BCUT2D eigenvalue weighted by Crippen LogP contribution is 2.49. The van der Waals surface area contributed by atoms with Crippen LogP contribution in [0.25, 0.3) is 11.3 Å². The van der Waals surface area contributed by atoms with Crippen molar-refractivity contribution in [3.8, 4) is 11.3 Å². The van der Waals surface area contributed by atoms with Crippen LogP contribution in [0, 0.1) is 0 Å². The van der Waals surface area contributed by atoms with Gasteiger partial charge in [0, 0.05) is 24.1 Å². The summed E-state index contributed by atoms with van der Waals surface area (Å²) >= 11 is 1.36. The predicted octanol–water partition coefficient (Wildman–Crippen LogP) is 4.75. The minimum atomic E-state index is -0.0945. The number of rotatable bonds is 7. The molecule has 176 valence electrons. The van der Waals surface area contributed by atoms with Gasteiger partial charge in [-0.15, -0.1) is 0 Å². The summed E-state index contributed by atoms with van der Waals surface area (Å²) in [5.74, 6) is 0.204. The highest BCUT2D eigenvalue weighted by molar-refractivity contribution is 7.99. The first-order chi connectivity index (χ1) is 16.6. The van der Waals surface area contributed by atoms with Gasteiger partial charge < -0.3 is 5.32 Å². The number of benzene rings is 2. The maximum absolute atomic E-state index is 13.8. The maximum atomic E-state index is 13.8. The zero-order valence-electron chi connectivity index (χ0n) is 19.7. The second kappa shape index (κ2) is 9.79. The molecule has 0 saturated heterocycles. The van der Waals surface area contributed by atoms with Crippen molar-refractivity contribution in [3.05, 3.63) is 81.6 Å². The van der Waals surface area contributed by atoms with E-state index in [4.69, 9.17) is 4.98 Å². The highest BCUT2D eigenvalue weighted by atomic mass is 32.2. The molecule has 2 aliphatic rings. The van der Waals surface area contributed by atoms with Crippen LogP contribution in [0.1, 0.15) is 49.3 Å². The molecule has 0 bridgehead atoms. The lowest BCUT2D eigenvalue weighted by Gasteiger charge is -2.36. The molecule has 1 N–H and O–H groups in total. The number of thioether (sulfide) groups is 1. The molecule has 3 aromatic rings. The van der Waals surface area contributed by atoms with Crippen LogP contribution in [0.15, 0.2) is 64.5 Å². The standard InChI is InChI=1S/C28H31N3O2S/c1-2-31-26(33)24-25(22-13-7-6-12-21(22)18-28(24)15-8-9-16-28)30-27(31)34-19-23(32)29-17-14-20-10-4-3-5-11-20/h3-7,10-13H,2,8-9,14-19H2,1H3,(H,29,32). The minimum Gasteiger partial charge on any atom is -0.355 e. The molecular formula is C28H31N3O2S. The topological polar surface area (TPSA) is 64.0 Å². The van der Waals surface area contributed by atoms with E-state index >= 15 is 0 Å². The summed E-state index contributed by atoms with van der Waals surface area (Å²) in [5.41, 5.74) is 5.29. The molecule has 0 radical (unpaired) electrons. The summed E-state index contributed by atoms with van der Waals surface area (Å²) in [6.45, 7) is 3.13. The molecule has 1 amide bonds. The van der Waals surface area contributed by atoms with E-state index in [1.165, 1.54) is 22.9 Å². The monoisotopic (exact) mass is 473 g/mol. The van der Waals surface area contributed by atoms with Crippen LogP contribution in [-0.4, -0.2) is 27.8 Å². The molecule has 2 aromatic carbocycles. The number of aromatic nitrogens is 2. The first-order valence-corrected chi connectivity index (χ1v) is 13.3. The Labute approximate surface area is 205 Å². The van der Waals surface area contributed by atoms with Crippen molar-refractivity contribution in [1.82, 2.24) is 14.9 Å². The maximum Gasteiger partial charge on any atom is 0.258 e. The van der Waals surface area contributed by atoms with Crippen molar-refractivity contribution in [1.29, 1.82) is 0 Å². The molecule has 5 nitrogen and oxygen atoms in total. The number of nitrogens with one attached hydrogen (secondary N) is 1. The van der Waals surface area contributed by atoms with E-state index in [9.17, 15) is 9.59 Å². The first-order valence-electron chi connectivity index (χ1n) is 12.3. The Bertz CT molecular complexity index is 1250. The van der Waals surface area contributed by atoms with Gasteiger partial charge in [0.25, 0.3) is 5.56 Å². The van der Waals surface area contributed by atoms with Crippen molar-refractivity contribution < 1.29 is 4.79 Å². The fraction of sp³-hybridized carbons (Fsp3) is 0.393. The average Bonchev–Trinajstić information content (AvgIpc) is 3.31. The Morgan fingerprint density at radius 2 is 1.82 bits per heavy atom. The molecule has 0 aliphatic heterocycles. The Kier molecular flexibility index (Phi) is 6.59. The summed E-state index contributed by atoms with van der Waals surface area (Å²) in [7, 11) is 0. The van der Waals surface area contributed by atoms with Gasteiger partial charge in [-0.25, -0.2) is 4.98 Å². The zero-order chi connectivity index (χ0) is 23.5. The highest BCUT2D eigenvalue weighted by Gasteiger charge is 2.44. The van der Waals surface area contributed by atoms with Crippen LogP contribution < -0.4 is 10.9 Å². The number of carbonyl (C=O) groups excluding carboxylic acids is 1. The Balaban J connectivity index is 1.39. The van der Waals surface area contributed by atoms with E-state index < -0.39 is 0 Å². The van der Waals surface area contributed by atoms with Gasteiger partial charge in [-0.2, -0.15) is 0 Å². The average molecular weight is 474 g/mol. The van der Waals surface area contributed by atoms with Gasteiger partial charge in [0.1, 0.15) is 0 Å². The Hall–Kier alpha value is -2.86. The van der Waals surface area contributed by atoms with E-state index in [2.05, 4.69) is 35.6 Å². The Morgan fingerprint density at radius 1 is 1.09 bits per heavy atom. The lowest BCUT2D eigenvalue weighted by atomic mass is 9.68. The summed E-state index contributed by atoms with van der Waals surface area (Å²) < 4.78 is 1.77. The first kappa shape index (κ1) is 22.9. The predicted molar refractivity (Wildman–Crippen MR) is 137 cm³/mol. The van der Waals surface area contributed by atoms with Crippen LogP contribution in [0.2, 0.25) is 0 Å². The van der Waals surface area contributed by atoms with Crippen LogP contribution >= 0.6 is 11.8 Å². The molecule has 1 aromatic heterocycles. The normalized spacial score (nSPS) is 15.7. The molecule has 5 rings (SSSR count). The largest absolute Gasteiger partial charge is 0.355 e. The molecule has 1 heterocycles.